The number of esters is 3. The molecule has 0 heterocycles. The predicted octanol–water partition coefficient (Wildman–Crippen LogP) is 21.6. The second kappa shape index (κ2) is 63.3. The molecular weight excluding hydrogens is 937 g/mol. The van der Waals surface area contributed by atoms with Crippen LogP contribution in [0.15, 0.2) is 122 Å². The number of ether oxygens (including phenoxy) is 3. The van der Waals surface area contributed by atoms with Crippen molar-refractivity contribution in [2.24, 2.45) is 0 Å². The van der Waals surface area contributed by atoms with Crippen molar-refractivity contribution in [2.75, 3.05) is 13.2 Å². The maximum absolute atomic E-state index is 12.9. The summed E-state index contributed by atoms with van der Waals surface area (Å²) in [5.41, 5.74) is 0. The van der Waals surface area contributed by atoms with E-state index in [9.17, 15) is 14.4 Å². The highest BCUT2D eigenvalue weighted by molar-refractivity contribution is 5.71. The number of hydrogen-bond acceptors (Lipinski definition) is 6. The minimum absolute atomic E-state index is 0.0878. The quantitative estimate of drug-likeness (QED) is 0.0261. The van der Waals surface area contributed by atoms with E-state index in [0.717, 1.165) is 141 Å². The standard InChI is InChI=1S/C70H116O6/c1-4-7-10-13-16-19-22-24-26-28-30-32-34-35-37-38-40-42-44-46-48-51-54-57-60-63-69(72)75-66-67(65-74-68(71)62-59-56-53-50-21-18-15-12-9-6-3)76-70(73)64-61-58-55-52-49-47-45-43-41-39-36-33-31-29-27-25-23-20-17-14-11-8-5-2/h7-8,10-12,15-17,19-20,24-27,30-33,39,41,67H,4-6,9,13-14,18,21-23,28-29,34-38,40,42-66H2,1-3H3/b10-7-,11-8-,15-12-,19-16-,20-17-,26-24-,27-25-,32-30-,33-31-,41-39-. The number of hydrogen-bond donors (Lipinski definition) is 0. The van der Waals surface area contributed by atoms with E-state index in [-0.39, 0.29) is 31.1 Å². The van der Waals surface area contributed by atoms with Crippen LogP contribution in [0, 0.1) is 0 Å². The maximum atomic E-state index is 12.9. The van der Waals surface area contributed by atoms with Crippen LogP contribution in [0.1, 0.15) is 284 Å². The van der Waals surface area contributed by atoms with Gasteiger partial charge in [-0.2, -0.15) is 0 Å². The minimum Gasteiger partial charge on any atom is -0.462 e. The van der Waals surface area contributed by atoms with Crippen LogP contribution in [-0.4, -0.2) is 37.2 Å². The molecule has 0 saturated carbocycles. The second-order valence-electron chi connectivity index (χ2n) is 20.5. The van der Waals surface area contributed by atoms with Crippen molar-refractivity contribution in [1.82, 2.24) is 0 Å². The molecular formula is C70H116O6. The SMILES string of the molecule is CC/C=C\C/C=C\C/C=C\C/C=C\C/C=C\CCCCCCCCCC(=O)OC(COC(=O)CCCCCCC/C=C\CCC)COC(=O)CCCCCCCCCCCCCC/C=C\C/C=C\C/C=C\C/C=C\CC. The highest BCUT2D eigenvalue weighted by atomic mass is 16.6. The fraction of sp³-hybridized carbons (Fsp3) is 0.671. The zero-order valence-electron chi connectivity index (χ0n) is 49.5. The highest BCUT2D eigenvalue weighted by Crippen LogP contribution is 2.16. The summed E-state index contributed by atoms with van der Waals surface area (Å²) in [6, 6.07) is 0. The van der Waals surface area contributed by atoms with Gasteiger partial charge in [0.05, 0.1) is 0 Å². The van der Waals surface area contributed by atoms with Crippen molar-refractivity contribution >= 4 is 17.9 Å². The van der Waals surface area contributed by atoms with E-state index in [1.54, 1.807) is 0 Å². The van der Waals surface area contributed by atoms with Gasteiger partial charge in [0.2, 0.25) is 0 Å². The smallest absolute Gasteiger partial charge is 0.306 e. The molecule has 0 aromatic heterocycles. The van der Waals surface area contributed by atoms with Crippen molar-refractivity contribution in [2.45, 2.75) is 290 Å². The van der Waals surface area contributed by atoms with Gasteiger partial charge >= 0.3 is 17.9 Å². The second-order valence-corrected chi connectivity index (χ2v) is 20.5. The van der Waals surface area contributed by atoms with Gasteiger partial charge in [-0.1, -0.05) is 264 Å². The zero-order valence-corrected chi connectivity index (χ0v) is 49.5. The molecule has 0 aliphatic carbocycles. The van der Waals surface area contributed by atoms with Gasteiger partial charge in [-0.3, -0.25) is 14.4 Å². The van der Waals surface area contributed by atoms with E-state index in [0.29, 0.717) is 19.3 Å². The van der Waals surface area contributed by atoms with E-state index < -0.39 is 6.10 Å². The van der Waals surface area contributed by atoms with Crippen LogP contribution < -0.4 is 0 Å². The first-order valence-corrected chi connectivity index (χ1v) is 31.5. The topological polar surface area (TPSA) is 78.9 Å². The summed E-state index contributed by atoms with van der Waals surface area (Å²) in [6.07, 6.45) is 87.8. The van der Waals surface area contributed by atoms with Gasteiger partial charge < -0.3 is 14.2 Å². The third kappa shape index (κ3) is 60.7. The molecule has 0 radical (unpaired) electrons. The Morgan fingerprint density at radius 3 is 0.816 bits per heavy atom. The number of carbonyl (C=O) groups excluding carboxylic acids is 3. The van der Waals surface area contributed by atoms with Crippen molar-refractivity contribution in [1.29, 1.82) is 0 Å². The minimum atomic E-state index is -0.791. The molecule has 0 aliphatic rings. The first-order valence-electron chi connectivity index (χ1n) is 31.5. The predicted molar refractivity (Wildman–Crippen MR) is 330 cm³/mol. The van der Waals surface area contributed by atoms with E-state index in [1.165, 1.54) is 103 Å². The molecule has 0 saturated heterocycles. The summed E-state index contributed by atoms with van der Waals surface area (Å²) in [5, 5.41) is 0. The van der Waals surface area contributed by atoms with Crippen molar-refractivity contribution in [3.8, 4) is 0 Å². The lowest BCUT2D eigenvalue weighted by atomic mass is 10.0. The van der Waals surface area contributed by atoms with Gasteiger partial charge in [-0.25, -0.2) is 0 Å². The lowest BCUT2D eigenvalue weighted by molar-refractivity contribution is -0.167. The van der Waals surface area contributed by atoms with Gasteiger partial charge in [0, 0.05) is 19.3 Å². The monoisotopic (exact) mass is 1050 g/mol. The largest absolute Gasteiger partial charge is 0.462 e. The molecule has 6 nitrogen and oxygen atoms in total. The lowest BCUT2D eigenvalue weighted by Gasteiger charge is -2.18. The number of unbranched alkanes of at least 4 members (excludes halogenated alkanes) is 25. The highest BCUT2D eigenvalue weighted by Gasteiger charge is 2.19. The Labute approximate surface area is 469 Å². The van der Waals surface area contributed by atoms with E-state index in [2.05, 4.69) is 142 Å². The van der Waals surface area contributed by atoms with Gasteiger partial charge in [0.25, 0.3) is 0 Å². The Hall–Kier alpha value is -4.19. The van der Waals surface area contributed by atoms with Crippen LogP contribution in [-0.2, 0) is 28.6 Å². The van der Waals surface area contributed by atoms with Crippen LogP contribution >= 0.6 is 0 Å². The molecule has 0 N–H and O–H groups in total. The molecule has 0 amide bonds. The van der Waals surface area contributed by atoms with Crippen LogP contribution in [0.3, 0.4) is 0 Å². The summed E-state index contributed by atoms with van der Waals surface area (Å²) in [5.74, 6) is -0.909. The summed E-state index contributed by atoms with van der Waals surface area (Å²) >= 11 is 0. The molecule has 0 bridgehead atoms. The third-order valence-electron chi connectivity index (χ3n) is 13.2. The van der Waals surface area contributed by atoms with Gasteiger partial charge in [0.1, 0.15) is 13.2 Å². The van der Waals surface area contributed by atoms with Crippen molar-refractivity contribution in [3.05, 3.63) is 122 Å². The normalized spacial score (nSPS) is 12.9. The molecule has 0 rings (SSSR count). The van der Waals surface area contributed by atoms with Crippen molar-refractivity contribution in [3.63, 3.8) is 0 Å². The van der Waals surface area contributed by atoms with Crippen LogP contribution in [0.5, 0.6) is 0 Å². The molecule has 0 aliphatic heterocycles. The first-order chi connectivity index (χ1) is 37.5. The van der Waals surface area contributed by atoms with E-state index >= 15 is 0 Å². The van der Waals surface area contributed by atoms with Gasteiger partial charge in [-0.05, 0) is 122 Å². The van der Waals surface area contributed by atoms with E-state index in [1.807, 2.05) is 0 Å². The molecule has 1 atom stereocenters. The van der Waals surface area contributed by atoms with Crippen LogP contribution in [0.2, 0.25) is 0 Å². The molecule has 6 heteroatoms. The Kier molecular flexibility index (Phi) is 59.9. The fourth-order valence-electron chi connectivity index (χ4n) is 8.52. The van der Waals surface area contributed by atoms with Gasteiger partial charge in [0.15, 0.2) is 6.10 Å². The van der Waals surface area contributed by atoms with Gasteiger partial charge in [-0.15, -0.1) is 0 Å². The summed E-state index contributed by atoms with van der Waals surface area (Å²) in [4.78, 5) is 38.2. The third-order valence-corrected chi connectivity index (χ3v) is 13.2. The lowest BCUT2D eigenvalue weighted by Crippen LogP contribution is -2.30. The maximum Gasteiger partial charge on any atom is 0.306 e. The number of allylic oxidation sites excluding steroid dienone is 20. The number of rotatable bonds is 56. The average Bonchev–Trinajstić information content (AvgIpc) is 3.42. The van der Waals surface area contributed by atoms with Crippen molar-refractivity contribution < 1.29 is 28.6 Å². The molecule has 0 spiro atoms. The molecule has 0 aromatic carbocycles. The molecule has 0 aromatic rings. The summed E-state index contributed by atoms with van der Waals surface area (Å²) in [6.45, 7) is 6.35. The molecule has 432 valence electrons. The molecule has 0 fully saturated rings. The van der Waals surface area contributed by atoms with Crippen LogP contribution in [0.25, 0.3) is 0 Å². The summed E-state index contributed by atoms with van der Waals surface area (Å²) in [7, 11) is 0. The fourth-order valence-corrected chi connectivity index (χ4v) is 8.52. The number of carbonyl (C=O) groups is 3. The molecule has 1 unspecified atom stereocenters. The Morgan fingerprint density at radius 2 is 0.513 bits per heavy atom. The van der Waals surface area contributed by atoms with Crippen LogP contribution in [0.4, 0.5) is 0 Å². The first kappa shape index (κ1) is 71.8. The zero-order chi connectivity index (χ0) is 55.0. The summed E-state index contributed by atoms with van der Waals surface area (Å²) < 4.78 is 16.9. The molecule has 76 heavy (non-hydrogen) atoms. The average molecular weight is 1050 g/mol. The Balaban J connectivity index is 4.29. The Bertz CT molecular complexity index is 1590. The Morgan fingerprint density at radius 1 is 0.276 bits per heavy atom. The van der Waals surface area contributed by atoms with E-state index in [4.69, 9.17) is 14.2 Å².